The van der Waals surface area contributed by atoms with Crippen LogP contribution in [0.15, 0.2) is 60.7 Å². The molecule has 0 radical (unpaired) electrons. The third-order valence-electron chi connectivity index (χ3n) is 4.66. The van der Waals surface area contributed by atoms with Gasteiger partial charge in [0, 0.05) is 26.2 Å². The highest BCUT2D eigenvalue weighted by molar-refractivity contribution is 5.92. The molecule has 8 heteroatoms. The molecule has 0 unspecified atom stereocenters. The molecule has 0 saturated carbocycles. The Balaban J connectivity index is 1.38. The Kier molecular flexibility index (Phi) is 7.15. The summed E-state index contributed by atoms with van der Waals surface area (Å²) in [6, 6.07) is 16.9. The molecule has 0 aromatic heterocycles. The summed E-state index contributed by atoms with van der Waals surface area (Å²) in [5.74, 6) is -1.75. The molecule has 30 heavy (non-hydrogen) atoms. The van der Waals surface area contributed by atoms with Crippen LogP contribution in [-0.4, -0.2) is 72.9 Å². The average Bonchev–Trinajstić information content (AvgIpc) is 2.81. The van der Waals surface area contributed by atoms with Gasteiger partial charge in [0.2, 0.25) is 0 Å². The highest BCUT2D eigenvalue weighted by atomic mass is 16.5. The van der Waals surface area contributed by atoms with Crippen LogP contribution in [-0.2, 0) is 19.1 Å². The Labute approximate surface area is 174 Å². The molecule has 1 aliphatic rings. The molecule has 2 amide bonds. The van der Waals surface area contributed by atoms with Gasteiger partial charge in [-0.3, -0.25) is 9.59 Å². The van der Waals surface area contributed by atoms with Crippen molar-refractivity contribution in [1.29, 1.82) is 0 Å². The van der Waals surface area contributed by atoms with Gasteiger partial charge in [-0.15, -0.1) is 0 Å². The molecule has 8 nitrogen and oxygen atoms in total. The van der Waals surface area contributed by atoms with E-state index in [0.29, 0.717) is 37.3 Å². The Bertz CT molecular complexity index is 817. The molecule has 1 heterocycles. The summed E-state index contributed by atoms with van der Waals surface area (Å²) in [5.41, 5.74) is 0.761. The molecular weight excluding hydrogens is 388 g/mol. The summed E-state index contributed by atoms with van der Waals surface area (Å²) in [6.07, 6.45) is 0. The van der Waals surface area contributed by atoms with Gasteiger partial charge in [0.05, 0.1) is 11.1 Å². The zero-order valence-corrected chi connectivity index (χ0v) is 16.4. The molecule has 0 aliphatic carbocycles. The zero-order valence-electron chi connectivity index (χ0n) is 16.4. The number of carbonyl (C=O) groups is 4. The van der Waals surface area contributed by atoms with Crippen LogP contribution >= 0.6 is 0 Å². The minimum atomic E-state index is -0.557. The van der Waals surface area contributed by atoms with Gasteiger partial charge in [-0.05, 0) is 24.3 Å². The van der Waals surface area contributed by atoms with E-state index in [0.717, 1.165) is 0 Å². The first-order valence-electron chi connectivity index (χ1n) is 9.54. The second-order valence-corrected chi connectivity index (χ2v) is 6.65. The first-order valence-corrected chi connectivity index (χ1v) is 9.54. The quantitative estimate of drug-likeness (QED) is 0.668. The van der Waals surface area contributed by atoms with Gasteiger partial charge in [0.25, 0.3) is 11.8 Å². The maximum atomic E-state index is 12.3. The van der Waals surface area contributed by atoms with Crippen LogP contribution < -0.4 is 0 Å². The topological polar surface area (TPSA) is 93.2 Å². The molecule has 0 bridgehead atoms. The maximum absolute atomic E-state index is 12.3. The van der Waals surface area contributed by atoms with E-state index in [-0.39, 0.29) is 25.0 Å². The highest BCUT2D eigenvalue weighted by Crippen LogP contribution is 2.06. The number of amides is 2. The number of rotatable bonds is 6. The molecule has 3 rings (SSSR count). The molecule has 0 spiro atoms. The summed E-state index contributed by atoms with van der Waals surface area (Å²) in [6.45, 7) is 0.576. The fraction of sp³-hybridized carbons (Fsp3) is 0.273. The van der Waals surface area contributed by atoms with Crippen LogP contribution in [0.3, 0.4) is 0 Å². The Hall–Kier alpha value is -3.68. The van der Waals surface area contributed by atoms with Crippen molar-refractivity contribution in [3.63, 3.8) is 0 Å². The predicted octanol–water partition coefficient (Wildman–Crippen LogP) is 1.37. The number of esters is 2. The van der Waals surface area contributed by atoms with E-state index in [2.05, 4.69) is 0 Å². The fourth-order valence-electron chi connectivity index (χ4n) is 2.96. The molecule has 0 atom stereocenters. The van der Waals surface area contributed by atoms with E-state index in [4.69, 9.17) is 9.47 Å². The van der Waals surface area contributed by atoms with Crippen molar-refractivity contribution >= 4 is 23.8 Å². The molecular formula is C22H22N2O6. The summed E-state index contributed by atoms with van der Waals surface area (Å²) < 4.78 is 10.1. The van der Waals surface area contributed by atoms with Gasteiger partial charge in [-0.1, -0.05) is 36.4 Å². The zero-order chi connectivity index (χ0) is 21.3. The van der Waals surface area contributed by atoms with Crippen LogP contribution in [0, 0.1) is 0 Å². The summed E-state index contributed by atoms with van der Waals surface area (Å²) in [4.78, 5) is 51.4. The van der Waals surface area contributed by atoms with Crippen molar-refractivity contribution in [3.8, 4) is 0 Å². The van der Waals surface area contributed by atoms with Crippen molar-refractivity contribution in [2.24, 2.45) is 0 Å². The first kappa shape index (κ1) is 21.0. The van der Waals surface area contributed by atoms with Gasteiger partial charge in [-0.2, -0.15) is 0 Å². The number of nitrogens with zero attached hydrogens (tertiary/aromatic N) is 2. The maximum Gasteiger partial charge on any atom is 0.338 e. The van der Waals surface area contributed by atoms with Gasteiger partial charge in [0.15, 0.2) is 13.2 Å². The summed E-state index contributed by atoms with van der Waals surface area (Å²) >= 11 is 0. The minimum Gasteiger partial charge on any atom is -0.452 e. The van der Waals surface area contributed by atoms with Crippen LogP contribution in [0.5, 0.6) is 0 Å². The number of hydrogen-bond acceptors (Lipinski definition) is 6. The van der Waals surface area contributed by atoms with E-state index in [1.807, 2.05) is 0 Å². The largest absolute Gasteiger partial charge is 0.452 e. The van der Waals surface area contributed by atoms with E-state index >= 15 is 0 Å². The van der Waals surface area contributed by atoms with E-state index in [9.17, 15) is 19.2 Å². The third-order valence-corrected chi connectivity index (χ3v) is 4.66. The molecule has 156 valence electrons. The highest BCUT2D eigenvalue weighted by Gasteiger charge is 2.25. The Morgan fingerprint density at radius 2 is 0.933 bits per heavy atom. The number of piperazine rings is 1. The SMILES string of the molecule is O=C(OCC(=O)N1CCN(C(=O)COC(=O)c2ccccc2)CC1)c1ccccc1. The van der Waals surface area contributed by atoms with Crippen molar-refractivity contribution in [1.82, 2.24) is 9.80 Å². The molecule has 2 aromatic rings. The Morgan fingerprint density at radius 1 is 0.600 bits per heavy atom. The Morgan fingerprint density at radius 3 is 1.27 bits per heavy atom. The lowest BCUT2D eigenvalue weighted by Gasteiger charge is -2.34. The van der Waals surface area contributed by atoms with Crippen LogP contribution in [0.25, 0.3) is 0 Å². The number of benzene rings is 2. The molecule has 2 aromatic carbocycles. The molecule has 0 N–H and O–H groups in total. The first-order chi connectivity index (χ1) is 14.5. The van der Waals surface area contributed by atoms with Crippen molar-refractivity contribution in [2.75, 3.05) is 39.4 Å². The van der Waals surface area contributed by atoms with Crippen molar-refractivity contribution in [3.05, 3.63) is 71.8 Å². The smallest absolute Gasteiger partial charge is 0.338 e. The summed E-state index contributed by atoms with van der Waals surface area (Å²) in [5, 5.41) is 0. The lowest BCUT2D eigenvalue weighted by Crippen LogP contribution is -2.52. The second kappa shape index (κ2) is 10.2. The number of carbonyl (C=O) groups excluding carboxylic acids is 4. The molecule has 1 saturated heterocycles. The lowest BCUT2D eigenvalue weighted by molar-refractivity contribution is -0.142. The number of hydrogen-bond donors (Lipinski definition) is 0. The normalized spacial score (nSPS) is 13.5. The average molecular weight is 410 g/mol. The van der Waals surface area contributed by atoms with E-state index < -0.39 is 11.9 Å². The fourth-order valence-corrected chi connectivity index (χ4v) is 2.96. The molecule has 1 fully saturated rings. The predicted molar refractivity (Wildman–Crippen MR) is 107 cm³/mol. The second-order valence-electron chi connectivity index (χ2n) is 6.65. The van der Waals surface area contributed by atoms with E-state index in [1.165, 1.54) is 9.80 Å². The standard InChI is InChI=1S/C22H22N2O6/c25-19(15-29-21(27)17-7-3-1-4-8-17)23-11-13-24(14-12-23)20(26)16-30-22(28)18-9-5-2-6-10-18/h1-10H,11-16H2. The van der Waals surface area contributed by atoms with Crippen LogP contribution in [0.2, 0.25) is 0 Å². The van der Waals surface area contributed by atoms with Crippen LogP contribution in [0.4, 0.5) is 0 Å². The monoisotopic (exact) mass is 410 g/mol. The van der Waals surface area contributed by atoms with Crippen molar-refractivity contribution in [2.45, 2.75) is 0 Å². The van der Waals surface area contributed by atoms with Gasteiger partial charge < -0.3 is 19.3 Å². The number of ether oxygens (including phenoxy) is 2. The lowest BCUT2D eigenvalue weighted by atomic mass is 10.2. The summed E-state index contributed by atoms with van der Waals surface area (Å²) in [7, 11) is 0. The van der Waals surface area contributed by atoms with Crippen LogP contribution in [0.1, 0.15) is 20.7 Å². The third kappa shape index (κ3) is 5.66. The molecule has 1 aliphatic heterocycles. The van der Waals surface area contributed by atoms with Crippen molar-refractivity contribution < 1.29 is 28.7 Å². The van der Waals surface area contributed by atoms with E-state index in [1.54, 1.807) is 60.7 Å². The van der Waals surface area contributed by atoms with Gasteiger partial charge in [0.1, 0.15) is 0 Å². The minimum absolute atomic E-state index is 0.318. The van der Waals surface area contributed by atoms with Gasteiger partial charge >= 0.3 is 11.9 Å². The van der Waals surface area contributed by atoms with Gasteiger partial charge in [-0.25, -0.2) is 9.59 Å².